The second kappa shape index (κ2) is 7.95. The number of carbonyl (C=O) groups excluding carboxylic acids is 2. The van der Waals surface area contributed by atoms with Crippen molar-refractivity contribution in [2.24, 2.45) is 0 Å². The predicted molar refractivity (Wildman–Crippen MR) is 109 cm³/mol. The van der Waals surface area contributed by atoms with E-state index in [1.54, 1.807) is 4.90 Å². The highest BCUT2D eigenvalue weighted by Crippen LogP contribution is 2.32. The second-order valence-corrected chi connectivity index (χ2v) is 7.82. The number of carbonyl (C=O) groups is 2. The fourth-order valence-electron chi connectivity index (χ4n) is 3.68. The van der Waals surface area contributed by atoms with Crippen LogP contribution in [0.15, 0.2) is 42.5 Å². The molecule has 0 bridgehead atoms. The molecule has 27 heavy (non-hydrogen) atoms. The zero-order chi connectivity index (χ0) is 19.6. The quantitative estimate of drug-likeness (QED) is 0.818. The summed E-state index contributed by atoms with van der Waals surface area (Å²) < 4.78 is 0. The molecule has 0 spiro atoms. The van der Waals surface area contributed by atoms with Crippen LogP contribution in [0.4, 0.5) is 5.69 Å². The summed E-state index contributed by atoms with van der Waals surface area (Å²) in [5, 5.41) is 2.93. The molecule has 0 aliphatic carbocycles. The van der Waals surface area contributed by atoms with Crippen LogP contribution in [0.25, 0.3) is 0 Å². The van der Waals surface area contributed by atoms with Crippen molar-refractivity contribution in [2.75, 3.05) is 11.9 Å². The molecule has 0 saturated carbocycles. The van der Waals surface area contributed by atoms with Crippen molar-refractivity contribution in [3.8, 4) is 0 Å². The number of benzene rings is 2. The molecule has 3 rings (SSSR count). The van der Waals surface area contributed by atoms with E-state index in [-0.39, 0.29) is 11.8 Å². The van der Waals surface area contributed by atoms with E-state index >= 15 is 0 Å². The van der Waals surface area contributed by atoms with Crippen LogP contribution in [0.5, 0.6) is 0 Å². The zero-order valence-electron chi connectivity index (χ0n) is 16.6. The van der Waals surface area contributed by atoms with Gasteiger partial charge in [0.25, 0.3) is 0 Å². The first kappa shape index (κ1) is 19.2. The zero-order valence-corrected chi connectivity index (χ0v) is 16.6. The maximum atomic E-state index is 12.8. The normalized spacial score (nSPS) is 13.6. The SMILES string of the molecule is CC(C)c1cccc(C(C)C)c1NC(=O)C(=O)N1CCc2ccccc2C1. The average Bonchev–Trinajstić information content (AvgIpc) is 2.66. The van der Waals surface area contributed by atoms with Crippen LogP contribution in [0.1, 0.15) is 61.8 Å². The maximum Gasteiger partial charge on any atom is 0.313 e. The van der Waals surface area contributed by atoms with Crippen molar-refractivity contribution < 1.29 is 9.59 Å². The Morgan fingerprint density at radius 3 is 2.07 bits per heavy atom. The fourth-order valence-corrected chi connectivity index (χ4v) is 3.68. The van der Waals surface area contributed by atoms with Gasteiger partial charge in [-0.05, 0) is 40.5 Å². The number of nitrogens with zero attached hydrogens (tertiary/aromatic N) is 1. The van der Waals surface area contributed by atoms with Crippen LogP contribution in [0.2, 0.25) is 0 Å². The van der Waals surface area contributed by atoms with Gasteiger partial charge in [0, 0.05) is 18.8 Å². The molecule has 0 radical (unpaired) electrons. The van der Waals surface area contributed by atoms with Gasteiger partial charge in [0.15, 0.2) is 0 Å². The number of hydrogen-bond acceptors (Lipinski definition) is 2. The smallest absolute Gasteiger partial charge is 0.313 e. The molecule has 4 nitrogen and oxygen atoms in total. The molecule has 2 aromatic rings. The van der Waals surface area contributed by atoms with Crippen LogP contribution in [-0.2, 0) is 22.6 Å². The van der Waals surface area contributed by atoms with Crippen molar-refractivity contribution in [3.05, 3.63) is 64.7 Å². The third-order valence-corrected chi connectivity index (χ3v) is 5.22. The molecular formula is C23H28N2O2. The second-order valence-electron chi connectivity index (χ2n) is 7.82. The number of rotatable bonds is 3. The third-order valence-electron chi connectivity index (χ3n) is 5.22. The van der Waals surface area contributed by atoms with Gasteiger partial charge >= 0.3 is 11.8 Å². The molecule has 2 amide bonds. The summed E-state index contributed by atoms with van der Waals surface area (Å²) in [7, 11) is 0. The van der Waals surface area contributed by atoms with E-state index in [0.29, 0.717) is 13.1 Å². The van der Waals surface area contributed by atoms with Crippen molar-refractivity contribution in [1.29, 1.82) is 0 Å². The van der Waals surface area contributed by atoms with E-state index in [4.69, 9.17) is 0 Å². The number of hydrogen-bond donors (Lipinski definition) is 1. The van der Waals surface area contributed by atoms with Gasteiger partial charge in [-0.25, -0.2) is 0 Å². The summed E-state index contributed by atoms with van der Waals surface area (Å²) >= 11 is 0. The van der Waals surface area contributed by atoms with Gasteiger partial charge in [0.05, 0.1) is 0 Å². The molecule has 142 valence electrons. The van der Waals surface area contributed by atoms with Gasteiger partial charge < -0.3 is 10.2 Å². The lowest BCUT2D eigenvalue weighted by Crippen LogP contribution is -2.42. The molecule has 0 atom stereocenters. The third kappa shape index (κ3) is 4.05. The number of amides is 2. The topological polar surface area (TPSA) is 49.4 Å². The maximum absolute atomic E-state index is 12.8. The van der Waals surface area contributed by atoms with Crippen molar-refractivity contribution in [1.82, 2.24) is 4.90 Å². The molecule has 4 heteroatoms. The Morgan fingerprint density at radius 1 is 0.889 bits per heavy atom. The number of fused-ring (bicyclic) bond motifs is 1. The van der Waals surface area contributed by atoms with E-state index in [9.17, 15) is 9.59 Å². The molecular weight excluding hydrogens is 336 g/mol. The average molecular weight is 364 g/mol. The highest BCUT2D eigenvalue weighted by atomic mass is 16.2. The Morgan fingerprint density at radius 2 is 1.48 bits per heavy atom. The van der Waals surface area contributed by atoms with Gasteiger partial charge in [-0.3, -0.25) is 9.59 Å². The summed E-state index contributed by atoms with van der Waals surface area (Å²) in [6.07, 6.45) is 0.787. The van der Waals surface area contributed by atoms with Gasteiger partial charge in [-0.15, -0.1) is 0 Å². The van der Waals surface area contributed by atoms with Crippen LogP contribution < -0.4 is 5.32 Å². The molecule has 1 N–H and O–H groups in total. The van der Waals surface area contributed by atoms with Crippen molar-refractivity contribution >= 4 is 17.5 Å². The molecule has 0 saturated heterocycles. The largest absolute Gasteiger partial charge is 0.330 e. The van der Waals surface area contributed by atoms with E-state index in [1.165, 1.54) is 5.56 Å². The van der Waals surface area contributed by atoms with E-state index in [1.807, 2.05) is 36.4 Å². The summed E-state index contributed by atoms with van der Waals surface area (Å²) in [5.74, 6) is -0.492. The van der Waals surface area contributed by atoms with Crippen LogP contribution in [0, 0.1) is 0 Å². The number of nitrogens with one attached hydrogen (secondary N) is 1. The lowest BCUT2D eigenvalue weighted by Gasteiger charge is -2.28. The van der Waals surface area contributed by atoms with E-state index < -0.39 is 11.8 Å². The minimum Gasteiger partial charge on any atom is -0.330 e. The first-order valence-electron chi connectivity index (χ1n) is 9.68. The Kier molecular flexibility index (Phi) is 5.64. The summed E-state index contributed by atoms with van der Waals surface area (Å²) in [5.41, 5.74) is 5.29. The monoisotopic (exact) mass is 364 g/mol. The molecule has 1 heterocycles. The van der Waals surface area contributed by atoms with Crippen molar-refractivity contribution in [3.63, 3.8) is 0 Å². The van der Waals surface area contributed by atoms with Gasteiger partial charge in [-0.1, -0.05) is 70.2 Å². The van der Waals surface area contributed by atoms with Crippen LogP contribution >= 0.6 is 0 Å². The Hall–Kier alpha value is -2.62. The first-order chi connectivity index (χ1) is 12.9. The molecule has 2 aromatic carbocycles. The van der Waals surface area contributed by atoms with Crippen molar-refractivity contribution in [2.45, 2.75) is 52.5 Å². The van der Waals surface area contributed by atoms with Gasteiger partial charge in [0.2, 0.25) is 0 Å². The standard InChI is InChI=1S/C23H28N2O2/c1-15(2)19-10-7-11-20(16(3)4)21(19)24-22(26)23(27)25-13-12-17-8-5-6-9-18(17)14-25/h5-11,15-16H,12-14H2,1-4H3,(H,24,26). The fraction of sp³-hybridized carbons (Fsp3) is 0.391. The summed E-state index contributed by atoms with van der Waals surface area (Å²) in [6, 6.07) is 14.2. The molecule has 1 aliphatic rings. The molecule has 1 aliphatic heterocycles. The molecule has 0 fully saturated rings. The highest BCUT2D eigenvalue weighted by molar-refractivity contribution is 6.39. The first-order valence-corrected chi connectivity index (χ1v) is 9.68. The minimum absolute atomic E-state index is 0.260. The summed E-state index contributed by atoms with van der Waals surface area (Å²) in [4.78, 5) is 27.2. The van der Waals surface area contributed by atoms with Crippen LogP contribution in [-0.4, -0.2) is 23.3 Å². The lowest BCUT2D eigenvalue weighted by atomic mass is 9.92. The molecule has 0 unspecified atom stereocenters. The lowest BCUT2D eigenvalue weighted by molar-refractivity contribution is -0.143. The minimum atomic E-state index is -0.551. The van der Waals surface area contributed by atoms with Gasteiger partial charge in [-0.2, -0.15) is 0 Å². The number of para-hydroxylation sites is 1. The Labute approximate surface area is 161 Å². The van der Waals surface area contributed by atoms with Crippen LogP contribution in [0.3, 0.4) is 0 Å². The Bertz CT molecular complexity index is 829. The van der Waals surface area contributed by atoms with E-state index in [2.05, 4.69) is 39.1 Å². The van der Waals surface area contributed by atoms with Gasteiger partial charge in [0.1, 0.15) is 0 Å². The highest BCUT2D eigenvalue weighted by Gasteiger charge is 2.27. The summed E-state index contributed by atoms with van der Waals surface area (Å²) in [6.45, 7) is 9.45. The Balaban J connectivity index is 1.81. The van der Waals surface area contributed by atoms with E-state index in [0.717, 1.165) is 28.8 Å². The molecule has 0 aromatic heterocycles. The predicted octanol–water partition coefficient (Wildman–Crippen LogP) is 4.46. The number of anilines is 1.